The van der Waals surface area contributed by atoms with E-state index in [2.05, 4.69) is 4.72 Å². The number of hydrogen-bond donors (Lipinski definition) is 1. The lowest BCUT2D eigenvalue weighted by molar-refractivity contribution is 0.0976. The largest absolute Gasteiger partial charge is 0.468 e. The fraction of sp³-hybridized carbons (Fsp3) is 0.0526. The molecular weight excluding hydrogens is 354 g/mol. The van der Waals surface area contributed by atoms with Gasteiger partial charge in [0, 0.05) is 16.7 Å². The van der Waals surface area contributed by atoms with Crippen LogP contribution >= 0.6 is 0 Å². The van der Waals surface area contributed by atoms with E-state index in [4.69, 9.17) is 4.42 Å². The molecule has 1 aliphatic rings. The molecule has 130 valence electrons. The van der Waals surface area contributed by atoms with Gasteiger partial charge in [-0.2, -0.15) is 0 Å². The highest BCUT2D eigenvalue weighted by Crippen LogP contribution is 2.31. The highest BCUT2D eigenvalue weighted by atomic mass is 32.2. The van der Waals surface area contributed by atoms with Gasteiger partial charge in [0.05, 0.1) is 23.3 Å². The molecule has 0 aliphatic heterocycles. The molecule has 7 heteroatoms. The molecule has 26 heavy (non-hydrogen) atoms. The first-order valence-electron chi connectivity index (χ1n) is 7.82. The molecule has 1 aliphatic carbocycles. The second-order valence-electron chi connectivity index (χ2n) is 5.79. The van der Waals surface area contributed by atoms with Crippen LogP contribution in [0, 0.1) is 0 Å². The van der Waals surface area contributed by atoms with E-state index in [-0.39, 0.29) is 39.5 Å². The first-order chi connectivity index (χ1) is 12.5. The van der Waals surface area contributed by atoms with Crippen LogP contribution in [-0.2, 0) is 16.6 Å². The molecule has 0 amide bonds. The third-order valence-corrected chi connectivity index (χ3v) is 5.66. The van der Waals surface area contributed by atoms with Gasteiger partial charge in [-0.1, -0.05) is 36.4 Å². The van der Waals surface area contributed by atoms with Crippen molar-refractivity contribution in [1.29, 1.82) is 0 Å². The number of benzene rings is 2. The summed E-state index contributed by atoms with van der Waals surface area (Å²) in [7, 11) is -4.02. The van der Waals surface area contributed by atoms with Crippen LogP contribution in [0.2, 0.25) is 0 Å². The molecule has 0 spiro atoms. The molecule has 0 saturated heterocycles. The van der Waals surface area contributed by atoms with Crippen LogP contribution in [0.3, 0.4) is 0 Å². The summed E-state index contributed by atoms with van der Waals surface area (Å²) >= 11 is 0. The molecule has 0 saturated carbocycles. The molecule has 6 nitrogen and oxygen atoms in total. The lowest BCUT2D eigenvalue weighted by atomic mass is 9.84. The van der Waals surface area contributed by atoms with Crippen molar-refractivity contribution < 1.29 is 22.4 Å². The first-order valence-corrected chi connectivity index (χ1v) is 9.31. The summed E-state index contributed by atoms with van der Waals surface area (Å²) in [5, 5.41) is 0. The second kappa shape index (κ2) is 6.05. The predicted molar refractivity (Wildman–Crippen MR) is 92.5 cm³/mol. The molecule has 2 aromatic carbocycles. The predicted octanol–water partition coefficient (Wildman–Crippen LogP) is 2.53. The highest BCUT2D eigenvalue weighted by Gasteiger charge is 2.34. The van der Waals surface area contributed by atoms with Crippen molar-refractivity contribution in [3.8, 4) is 0 Å². The van der Waals surface area contributed by atoms with Crippen LogP contribution in [0.15, 0.2) is 70.2 Å². The summed E-state index contributed by atoms with van der Waals surface area (Å²) in [6.07, 6.45) is 1.44. The summed E-state index contributed by atoms with van der Waals surface area (Å²) in [6, 6.07) is 13.9. The Morgan fingerprint density at radius 2 is 1.50 bits per heavy atom. The van der Waals surface area contributed by atoms with Crippen molar-refractivity contribution in [2.24, 2.45) is 0 Å². The van der Waals surface area contributed by atoms with Gasteiger partial charge < -0.3 is 4.42 Å². The maximum absolute atomic E-state index is 12.9. The lowest BCUT2D eigenvalue weighted by Gasteiger charge is -2.20. The first kappa shape index (κ1) is 16.4. The summed E-state index contributed by atoms with van der Waals surface area (Å²) in [6.45, 7) is -0.0578. The van der Waals surface area contributed by atoms with Gasteiger partial charge in [0.1, 0.15) is 5.76 Å². The van der Waals surface area contributed by atoms with Crippen LogP contribution in [-0.4, -0.2) is 20.0 Å². The standard InChI is InChI=1S/C19H13NO5S/c21-18-13-6-1-2-7-14(13)19(22)17-15(18)8-3-9-16(17)26(23,24)20-11-12-5-4-10-25-12/h1-10,20H,11H2. The number of nitrogens with one attached hydrogen (secondary N) is 1. The maximum Gasteiger partial charge on any atom is 0.241 e. The molecule has 0 unspecified atom stereocenters. The van der Waals surface area contributed by atoms with E-state index in [0.29, 0.717) is 5.76 Å². The summed E-state index contributed by atoms with van der Waals surface area (Å²) in [4.78, 5) is 25.4. The average Bonchev–Trinajstić information content (AvgIpc) is 3.18. The zero-order valence-corrected chi connectivity index (χ0v) is 14.2. The quantitative estimate of drug-likeness (QED) is 0.598. The molecule has 1 heterocycles. The van der Waals surface area contributed by atoms with Crippen LogP contribution in [0.25, 0.3) is 0 Å². The van der Waals surface area contributed by atoms with Gasteiger partial charge >= 0.3 is 0 Å². The molecule has 3 aromatic rings. The van der Waals surface area contributed by atoms with Crippen molar-refractivity contribution in [3.05, 3.63) is 88.9 Å². The Labute approximate surface area is 149 Å². The number of ketones is 2. The Morgan fingerprint density at radius 3 is 2.19 bits per heavy atom. The fourth-order valence-corrected chi connectivity index (χ4v) is 4.21. The smallest absolute Gasteiger partial charge is 0.241 e. The third kappa shape index (κ3) is 2.58. The van der Waals surface area contributed by atoms with Gasteiger partial charge in [-0.25, -0.2) is 13.1 Å². The van der Waals surface area contributed by atoms with Gasteiger partial charge in [-0.15, -0.1) is 0 Å². The number of sulfonamides is 1. The van der Waals surface area contributed by atoms with E-state index in [1.807, 2.05) is 0 Å². The number of rotatable bonds is 4. The molecule has 0 radical (unpaired) electrons. The SMILES string of the molecule is O=C1c2ccccc2C(=O)c2c1cccc2S(=O)(=O)NCc1ccco1. The zero-order chi connectivity index (χ0) is 18.3. The lowest BCUT2D eigenvalue weighted by Crippen LogP contribution is -2.28. The van der Waals surface area contributed by atoms with Crippen LogP contribution in [0.1, 0.15) is 37.6 Å². The fourth-order valence-electron chi connectivity index (χ4n) is 2.99. The van der Waals surface area contributed by atoms with Crippen LogP contribution < -0.4 is 4.72 Å². The van der Waals surface area contributed by atoms with Crippen LogP contribution in [0.4, 0.5) is 0 Å². The van der Waals surface area contributed by atoms with Gasteiger partial charge in [0.15, 0.2) is 11.6 Å². The number of carbonyl (C=O) groups is 2. The van der Waals surface area contributed by atoms with Crippen molar-refractivity contribution >= 4 is 21.6 Å². The molecular formula is C19H13NO5S. The minimum Gasteiger partial charge on any atom is -0.468 e. The Hall–Kier alpha value is -3.03. The van der Waals surface area contributed by atoms with Crippen molar-refractivity contribution in [3.63, 3.8) is 0 Å². The normalized spacial score (nSPS) is 13.4. The van der Waals surface area contributed by atoms with E-state index in [1.165, 1.54) is 30.5 Å². The topological polar surface area (TPSA) is 93.5 Å². The monoisotopic (exact) mass is 367 g/mol. The van der Waals surface area contributed by atoms with E-state index in [0.717, 1.165) is 0 Å². The van der Waals surface area contributed by atoms with E-state index >= 15 is 0 Å². The van der Waals surface area contributed by atoms with Crippen molar-refractivity contribution in [1.82, 2.24) is 4.72 Å². The highest BCUT2D eigenvalue weighted by molar-refractivity contribution is 7.89. The zero-order valence-electron chi connectivity index (χ0n) is 13.4. The Morgan fingerprint density at radius 1 is 0.808 bits per heavy atom. The Bertz CT molecular complexity index is 1130. The Balaban J connectivity index is 1.80. The van der Waals surface area contributed by atoms with E-state index in [1.54, 1.807) is 30.3 Å². The van der Waals surface area contributed by atoms with Crippen molar-refractivity contribution in [2.75, 3.05) is 0 Å². The summed E-state index contributed by atoms with van der Waals surface area (Å²) in [5.74, 6) is -0.404. The number of furan rings is 1. The number of fused-ring (bicyclic) bond motifs is 2. The van der Waals surface area contributed by atoms with Gasteiger partial charge in [0.2, 0.25) is 10.0 Å². The number of hydrogen-bond acceptors (Lipinski definition) is 5. The maximum atomic E-state index is 12.9. The average molecular weight is 367 g/mol. The minimum absolute atomic E-state index is 0.0578. The minimum atomic E-state index is -4.02. The van der Waals surface area contributed by atoms with Gasteiger partial charge in [-0.05, 0) is 18.2 Å². The van der Waals surface area contributed by atoms with E-state index < -0.39 is 15.8 Å². The van der Waals surface area contributed by atoms with E-state index in [9.17, 15) is 18.0 Å². The van der Waals surface area contributed by atoms with Gasteiger partial charge in [-0.3, -0.25) is 9.59 Å². The molecule has 1 N–H and O–H groups in total. The molecule has 0 fully saturated rings. The third-order valence-electron chi connectivity index (χ3n) is 4.22. The summed E-state index contributed by atoms with van der Waals surface area (Å²) in [5.41, 5.74) is 0.486. The number of carbonyl (C=O) groups excluding carboxylic acids is 2. The Kier molecular flexibility index (Phi) is 3.82. The molecule has 1 aromatic heterocycles. The van der Waals surface area contributed by atoms with Gasteiger partial charge in [0.25, 0.3) is 0 Å². The second-order valence-corrected chi connectivity index (χ2v) is 7.52. The molecule has 0 bridgehead atoms. The molecule has 4 rings (SSSR count). The summed E-state index contributed by atoms with van der Waals surface area (Å²) < 4.78 is 33.0. The molecule has 0 atom stereocenters. The van der Waals surface area contributed by atoms with Crippen molar-refractivity contribution in [2.45, 2.75) is 11.4 Å². The van der Waals surface area contributed by atoms with Crippen LogP contribution in [0.5, 0.6) is 0 Å².